The van der Waals surface area contributed by atoms with Gasteiger partial charge in [-0.15, -0.1) is 0 Å². The Labute approximate surface area is 137 Å². The van der Waals surface area contributed by atoms with Crippen molar-refractivity contribution in [3.8, 4) is 5.75 Å². The molecule has 1 N–H and O–H groups in total. The first-order valence-corrected chi connectivity index (χ1v) is 8.03. The van der Waals surface area contributed by atoms with Gasteiger partial charge in [0.15, 0.2) is 0 Å². The van der Waals surface area contributed by atoms with Crippen LogP contribution in [0.1, 0.15) is 28.7 Å². The quantitative estimate of drug-likeness (QED) is 0.928. The second kappa shape index (κ2) is 6.68. The van der Waals surface area contributed by atoms with Gasteiger partial charge < -0.3 is 14.6 Å². The van der Waals surface area contributed by atoms with Crippen molar-refractivity contribution in [2.24, 2.45) is 7.05 Å². The number of ether oxygens (including phenoxy) is 1. The molecule has 2 aromatic rings. The fourth-order valence-corrected chi connectivity index (χ4v) is 3.31. The van der Waals surface area contributed by atoms with Crippen LogP contribution in [0.2, 0.25) is 0 Å². The molecule has 0 spiro atoms. The van der Waals surface area contributed by atoms with E-state index < -0.39 is 0 Å². The van der Waals surface area contributed by atoms with Gasteiger partial charge in [-0.2, -0.15) is 0 Å². The molecule has 0 aliphatic carbocycles. The summed E-state index contributed by atoms with van der Waals surface area (Å²) in [5, 5.41) is 3.47. The van der Waals surface area contributed by atoms with Crippen LogP contribution >= 0.6 is 0 Å². The largest absolute Gasteiger partial charge is 0.496 e. The third-order valence-corrected chi connectivity index (χ3v) is 4.61. The van der Waals surface area contributed by atoms with Crippen LogP contribution in [0.15, 0.2) is 18.6 Å². The third-order valence-electron chi connectivity index (χ3n) is 4.61. The molecule has 1 atom stereocenters. The number of hydrogen-bond acceptors (Lipinski definition) is 5. The summed E-state index contributed by atoms with van der Waals surface area (Å²) in [5.41, 5.74) is 3.29. The highest BCUT2D eigenvalue weighted by Crippen LogP contribution is 2.27. The van der Waals surface area contributed by atoms with Gasteiger partial charge in [0.1, 0.15) is 11.6 Å². The van der Waals surface area contributed by atoms with Gasteiger partial charge in [-0.3, -0.25) is 9.88 Å². The van der Waals surface area contributed by atoms with Crippen LogP contribution < -0.4 is 10.1 Å². The Bertz CT molecular complexity index is 682. The molecule has 1 aliphatic rings. The Hall–Kier alpha value is -1.92. The zero-order valence-electron chi connectivity index (χ0n) is 14.3. The van der Waals surface area contributed by atoms with Crippen LogP contribution in [0.5, 0.6) is 5.75 Å². The molecule has 1 saturated heterocycles. The van der Waals surface area contributed by atoms with Crippen LogP contribution in [0.4, 0.5) is 0 Å². The Morgan fingerprint density at radius 2 is 2.17 bits per heavy atom. The Morgan fingerprint density at radius 3 is 2.87 bits per heavy atom. The molecule has 0 radical (unpaired) electrons. The molecule has 0 bridgehead atoms. The van der Waals surface area contributed by atoms with Crippen LogP contribution in [-0.4, -0.2) is 46.2 Å². The van der Waals surface area contributed by atoms with E-state index in [1.807, 2.05) is 32.6 Å². The maximum absolute atomic E-state index is 5.54. The topological polar surface area (TPSA) is 55.2 Å². The summed E-state index contributed by atoms with van der Waals surface area (Å²) in [6.45, 7) is 7.81. The van der Waals surface area contributed by atoms with Gasteiger partial charge in [0, 0.05) is 62.9 Å². The molecule has 124 valence electrons. The van der Waals surface area contributed by atoms with Gasteiger partial charge in [-0.05, 0) is 13.8 Å². The van der Waals surface area contributed by atoms with Crippen molar-refractivity contribution < 1.29 is 4.74 Å². The lowest BCUT2D eigenvalue weighted by molar-refractivity contribution is 0.142. The molecular weight excluding hydrogens is 290 g/mol. The summed E-state index contributed by atoms with van der Waals surface area (Å²) in [6, 6.07) is 0.261. The number of nitrogens with one attached hydrogen (secondary N) is 1. The van der Waals surface area contributed by atoms with E-state index in [2.05, 4.69) is 31.7 Å². The van der Waals surface area contributed by atoms with Crippen LogP contribution in [0, 0.1) is 13.8 Å². The van der Waals surface area contributed by atoms with E-state index in [1.54, 1.807) is 7.11 Å². The monoisotopic (exact) mass is 315 g/mol. The highest BCUT2D eigenvalue weighted by Gasteiger charge is 2.27. The number of imidazole rings is 1. The summed E-state index contributed by atoms with van der Waals surface area (Å²) in [4.78, 5) is 11.6. The molecule has 1 fully saturated rings. The van der Waals surface area contributed by atoms with E-state index in [9.17, 15) is 0 Å². The van der Waals surface area contributed by atoms with Crippen LogP contribution in [0.25, 0.3) is 0 Å². The van der Waals surface area contributed by atoms with E-state index >= 15 is 0 Å². The zero-order valence-corrected chi connectivity index (χ0v) is 14.3. The second-order valence-electron chi connectivity index (χ2n) is 6.13. The third kappa shape index (κ3) is 3.09. The predicted octanol–water partition coefficient (Wildman–Crippen LogP) is 1.59. The van der Waals surface area contributed by atoms with Gasteiger partial charge in [0.05, 0.1) is 18.8 Å². The van der Waals surface area contributed by atoms with E-state index in [1.165, 1.54) is 0 Å². The number of nitrogens with zero attached hydrogens (tertiary/aromatic N) is 4. The highest BCUT2D eigenvalue weighted by molar-refractivity contribution is 5.41. The van der Waals surface area contributed by atoms with E-state index in [4.69, 9.17) is 4.74 Å². The molecule has 0 aromatic carbocycles. The molecule has 0 saturated carbocycles. The number of aryl methyl sites for hydroxylation is 2. The lowest BCUT2D eigenvalue weighted by atomic mass is 10.1. The fourth-order valence-electron chi connectivity index (χ4n) is 3.31. The minimum absolute atomic E-state index is 0.261. The Morgan fingerprint density at radius 1 is 1.35 bits per heavy atom. The highest BCUT2D eigenvalue weighted by atomic mass is 16.5. The van der Waals surface area contributed by atoms with Crippen molar-refractivity contribution in [2.75, 3.05) is 26.7 Å². The first kappa shape index (κ1) is 16.0. The summed E-state index contributed by atoms with van der Waals surface area (Å²) in [6.07, 6.45) is 5.76. The number of rotatable bonds is 4. The fraction of sp³-hybridized carbons (Fsp3) is 0.529. The molecule has 1 aliphatic heterocycles. The summed E-state index contributed by atoms with van der Waals surface area (Å²) < 4.78 is 7.63. The van der Waals surface area contributed by atoms with E-state index in [-0.39, 0.29) is 6.04 Å². The molecule has 0 amide bonds. The number of pyridine rings is 1. The van der Waals surface area contributed by atoms with E-state index in [0.717, 1.165) is 54.6 Å². The zero-order chi connectivity index (χ0) is 16.4. The van der Waals surface area contributed by atoms with Crippen molar-refractivity contribution in [1.82, 2.24) is 24.8 Å². The molecule has 2 aromatic heterocycles. The summed E-state index contributed by atoms with van der Waals surface area (Å²) in [5.74, 6) is 2.03. The summed E-state index contributed by atoms with van der Waals surface area (Å²) >= 11 is 0. The first-order valence-electron chi connectivity index (χ1n) is 8.03. The second-order valence-corrected chi connectivity index (χ2v) is 6.13. The maximum Gasteiger partial charge on any atom is 0.128 e. The molecule has 3 rings (SSSR count). The van der Waals surface area contributed by atoms with Crippen LogP contribution in [-0.2, 0) is 13.6 Å². The van der Waals surface area contributed by atoms with Crippen LogP contribution in [0.3, 0.4) is 0 Å². The SMILES string of the molecule is COc1c(C)cnc(CN2CCNCC2c2nccn2C)c1C. The van der Waals surface area contributed by atoms with Crippen molar-refractivity contribution in [3.05, 3.63) is 41.2 Å². The molecule has 1 unspecified atom stereocenters. The number of aromatic nitrogens is 3. The smallest absolute Gasteiger partial charge is 0.128 e. The molecule has 3 heterocycles. The Balaban J connectivity index is 1.87. The van der Waals surface area contributed by atoms with E-state index in [0.29, 0.717) is 0 Å². The van der Waals surface area contributed by atoms with Crippen molar-refractivity contribution in [2.45, 2.75) is 26.4 Å². The molecule has 23 heavy (non-hydrogen) atoms. The van der Waals surface area contributed by atoms with Gasteiger partial charge >= 0.3 is 0 Å². The normalized spacial score (nSPS) is 19.0. The minimum Gasteiger partial charge on any atom is -0.496 e. The lowest BCUT2D eigenvalue weighted by Gasteiger charge is -2.35. The molecule has 6 nitrogen and oxygen atoms in total. The van der Waals surface area contributed by atoms with Gasteiger partial charge in [-0.25, -0.2) is 4.98 Å². The Kier molecular flexibility index (Phi) is 4.63. The molecular formula is C17H25N5O. The standard InChI is InChI=1S/C17H25N5O/c1-12-9-20-14(13(2)16(12)23-4)11-22-8-5-18-10-15(22)17-19-6-7-21(17)3/h6-7,9,15,18H,5,8,10-11H2,1-4H3. The summed E-state index contributed by atoms with van der Waals surface area (Å²) in [7, 11) is 3.77. The maximum atomic E-state index is 5.54. The predicted molar refractivity (Wildman–Crippen MR) is 89.5 cm³/mol. The average Bonchev–Trinajstić information content (AvgIpc) is 2.97. The van der Waals surface area contributed by atoms with Gasteiger partial charge in [0.2, 0.25) is 0 Å². The van der Waals surface area contributed by atoms with Crippen molar-refractivity contribution in [3.63, 3.8) is 0 Å². The van der Waals surface area contributed by atoms with Gasteiger partial charge in [-0.1, -0.05) is 0 Å². The van der Waals surface area contributed by atoms with Gasteiger partial charge in [0.25, 0.3) is 0 Å². The lowest BCUT2D eigenvalue weighted by Crippen LogP contribution is -2.46. The number of piperazine rings is 1. The number of methoxy groups -OCH3 is 1. The first-order chi connectivity index (χ1) is 11.1. The van der Waals surface area contributed by atoms with Crippen molar-refractivity contribution >= 4 is 0 Å². The molecule has 6 heteroatoms. The average molecular weight is 315 g/mol. The number of hydrogen-bond donors (Lipinski definition) is 1. The minimum atomic E-state index is 0.261. The van der Waals surface area contributed by atoms with Crippen molar-refractivity contribution in [1.29, 1.82) is 0 Å².